The molecule has 0 spiro atoms. The lowest BCUT2D eigenvalue weighted by atomic mass is 10.1. The van der Waals surface area contributed by atoms with Crippen LogP contribution in [0.15, 0.2) is 28.6 Å². The summed E-state index contributed by atoms with van der Waals surface area (Å²) in [4.78, 5) is 8.74. The number of guanidine groups is 1. The Labute approximate surface area is 171 Å². The Kier molecular flexibility index (Phi) is 9.81. The SMILES string of the molecule is CCOc1cc(C)ccc1CNC(=NC)NCCc1csc(C)n1.I. The first-order valence-corrected chi connectivity index (χ1v) is 9.08. The fourth-order valence-corrected chi connectivity index (χ4v) is 2.98. The van der Waals surface area contributed by atoms with Gasteiger partial charge in [-0.05, 0) is 32.4 Å². The molecule has 5 nitrogen and oxygen atoms in total. The van der Waals surface area contributed by atoms with Crippen molar-refractivity contribution < 1.29 is 4.74 Å². The van der Waals surface area contributed by atoms with Crippen molar-refractivity contribution in [3.05, 3.63) is 45.4 Å². The molecule has 0 saturated carbocycles. The van der Waals surface area contributed by atoms with E-state index in [1.54, 1.807) is 18.4 Å². The van der Waals surface area contributed by atoms with Crippen LogP contribution in [0.2, 0.25) is 0 Å². The molecule has 1 heterocycles. The van der Waals surface area contributed by atoms with Crippen LogP contribution in [0.25, 0.3) is 0 Å². The first kappa shape index (κ1) is 21.7. The Hall–Kier alpha value is -1.35. The van der Waals surface area contributed by atoms with Crippen molar-refractivity contribution in [2.75, 3.05) is 20.2 Å². The molecule has 0 unspecified atom stereocenters. The van der Waals surface area contributed by atoms with Gasteiger partial charge in [-0.2, -0.15) is 0 Å². The highest BCUT2D eigenvalue weighted by Crippen LogP contribution is 2.20. The maximum absolute atomic E-state index is 5.72. The molecule has 2 aromatic rings. The van der Waals surface area contributed by atoms with Crippen molar-refractivity contribution in [1.29, 1.82) is 0 Å². The number of aliphatic imine (C=N–C) groups is 1. The van der Waals surface area contributed by atoms with Gasteiger partial charge in [-0.25, -0.2) is 4.98 Å². The first-order chi connectivity index (χ1) is 11.6. The number of thiazole rings is 1. The quantitative estimate of drug-likeness (QED) is 0.365. The molecule has 0 aliphatic heterocycles. The van der Waals surface area contributed by atoms with Gasteiger partial charge < -0.3 is 15.4 Å². The number of halogens is 1. The van der Waals surface area contributed by atoms with Crippen molar-refractivity contribution in [3.63, 3.8) is 0 Å². The van der Waals surface area contributed by atoms with Gasteiger partial charge >= 0.3 is 0 Å². The molecule has 0 amide bonds. The van der Waals surface area contributed by atoms with Gasteiger partial charge in [0.15, 0.2) is 5.96 Å². The Morgan fingerprint density at radius 2 is 2.08 bits per heavy atom. The third-order valence-corrected chi connectivity index (χ3v) is 4.35. The third kappa shape index (κ3) is 7.19. The summed E-state index contributed by atoms with van der Waals surface area (Å²) in [7, 11) is 1.78. The predicted molar refractivity (Wildman–Crippen MR) is 117 cm³/mol. The average molecular weight is 474 g/mol. The van der Waals surface area contributed by atoms with E-state index in [-0.39, 0.29) is 24.0 Å². The molecule has 2 N–H and O–H groups in total. The molecule has 0 saturated heterocycles. The number of nitrogens with zero attached hydrogens (tertiary/aromatic N) is 2. The molecule has 0 radical (unpaired) electrons. The number of ether oxygens (including phenoxy) is 1. The van der Waals surface area contributed by atoms with Crippen molar-refractivity contribution in [2.45, 2.75) is 33.7 Å². The first-order valence-electron chi connectivity index (χ1n) is 8.20. The lowest BCUT2D eigenvalue weighted by molar-refractivity contribution is 0.336. The Morgan fingerprint density at radius 1 is 1.28 bits per heavy atom. The maximum atomic E-state index is 5.72. The lowest BCUT2D eigenvalue weighted by Gasteiger charge is -2.14. The lowest BCUT2D eigenvalue weighted by Crippen LogP contribution is -2.38. The van der Waals surface area contributed by atoms with Crippen molar-refractivity contribution in [1.82, 2.24) is 15.6 Å². The Balaban J connectivity index is 0.00000312. The summed E-state index contributed by atoms with van der Waals surface area (Å²) in [6.07, 6.45) is 0.889. The second kappa shape index (κ2) is 11.3. The zero-order chi connectivity index (χ0) is 17.4. The molecule has 2 rings (SSSR count). The molecule has 1 aromatic heterocycles. The van der Waals surface area contributed by atoms with Crippen LogP contribution in [-0.4, -0.2) is 31.1 Å². The Bertz CT molecular complexity index is 687. The van der Waals surface area contributed by atoms with Gasteiger partial charge in [0.1, 0.15) is 5.75 Å². The topological polar surface area (TPSA) is 58.5 Å². The highest BCUT2D eigenvalue weighted by molar-refractivity contribution is 14.0. The average Bonchev–Trinajstić information content (AvgIpc) is 2.98. The third-order valence-electron chi connectivity index (χ3n) is 3.53. The normalized spacial score (nSPS) is 11.0. The van der Waals surface area contributed by atoms with E-state index in [0.717, 1.165) is 40.9 Å². The van der Waals surface area contributed by atoms with Crippen molar-refractivity contribution >= 4 is 41.3 Å². The Morgan fingerprint density at radius 3 is 2.72 bits per heavy atom. The molecule has 7 heteroatoms. The number of aromatic nitrogens is 1. The standard InChI is InChI=1S/C18H26N4OS.HI/c1-5-23-17-10-13(2)6-7-15(17)11-21-18(19-4)20-9-8-16-12-24-14(3)22-16;/h6-7,10,12H,5,8-9,11H2,1-4H3,(H2,19,20,21);1H. The summed E-state index contributed by atoms with van der Waals surface area (Å²) in [6, 6.07) is 6.26. The van der Waals surface area contributed by atoms with Crippen LogP contribution in [-0.2, 0) is 13.0 Å². The molecule has 0 aliphatic rings. The monoisotopic (exact) mass is 474 g/mol. The number of hydrogen-bond donors (Lipinski definition) is 2. The van der Waals surface area contributed by atoms with Crippen molar-refractivity contribution in [3.8, 4) is 5.75 Å². The zero-order valence-electron chi connectivity index (χ0n) is 15.3. The molecule has 0 aliphatic carbocycles. The fraction of sp³-hybridized carbons (Fsp3) is 0.444. The van der Waals surface area contributed by atoms with E-state index in [1.807, 2.05) is 13.8 Å². The van der Waals surface area contributed by atoms with Gasteiger partial charge in [0.05, 0.1) is 17.3 Å². The summed E-state index contributed by atoms with van der Waals surface area (Å²) >= 11 is 1.69. The number of hydrogen-bond acceptors (Lipinski definition) is 4. The van der Waals surface area contributed by atoms with Gasteiger partial charge in [-0.3, -0.25) is 4.99 Å². The number of rotatable bonds is 7. The van der Waals surface area contributed by atoms with Crippen molar-refractivity contribution in [2.24, 2.45) is 4.99 Å². The molecule has 0 fully saturated rings. The van der Waals surface area contributed by atoms with Gasteiger partial charge in [0.2, 0.25) is 0 Å². The summed E-state index contributed by atoms with van der Waals surface area (Å²) in [5.74, 6) is 1.71. The second-order valence-electron chi connectivity index (χ2n) is 5.50. The van der Waals surface area contributed by atoms with E-state index < -0.39 is 0 Å². The van der Waals surface area contributed by atoms with Crippen LogP contribution in [0.5, 0.6) is 5.75 Å². The minimum Gasteiger partial charge on any atom is -0.494 e. The minimum absolute atomic E-state index is 0. The summed E-state index contributed by atoms with van der Waals surface area (Å²) in [5, 5.41) is 9.87. The van der Waals surface area contributed by atoms with Crippen LogP contribution >= 0.6 is 35.3 Å². The molecule has 1 aromatic carbocycles. The van der Waals surface area contributed by atoms with E-state index in [2.05, 4.69) is 51.1 Å². The number of benzene rings is 1. The summed E-state index contributed by atoms with van der Waals surface area (Å²) in [6.45, 7) is 8.23. The minimum atomic E-state index is 0. The highest BCUT2D eigenvalue weighted by atomic mass is 127. The zero-order valence-corrected chi connectivity index (χ0v) is 18.4. The van der Waals surface area contributed by atoms with Crippen LogP contribution < -0.4 is 15.4 Å². The smallest absolute Gasteiger partial charge is 0.191 e. The molecule has 138 valence electrons. The van der Waals surface area contributed by atoms with Gasteiger partial charge in [-0.1, -0.05) is 12.1 Å². The van der Waals surface area contributed by atoms with Crippen LogP contribution in [0.1, 0.15) is 28.8 Å². The van der Waals surface area contributed by atoms with Gasteiger partial charge in [0.25, 0.3) is 0 Å². The fourth-order valence-electron chi connectivity index (χ4n) is 2.33. The van der Waals surface area contributed by atoms with E-state index >= 15 is 0 Å². The summed E-state index contributed by atoms with van der Waals surface area (Å²) in [5.41, 5.74) is 3.45. The molecule has 0 atom stereocenters. The summed E-state index contributed by atoms with van der Waals surface area (Å²) < 4.78 is 5.72. The highest BCUT2D eigenvalue weighted by Gasteiger charge is 2.06. The molecular weight excluding hydrogens is 447 g/mol. The molecule has 25 heavy (non-hydrogen) atoms. The predicted octanol–water partition coefficient (Wildman–Crippen LogP) is 3.68. The van der Waals surface area contributed by atoms with Crippen LogP contribution in [0.3, 0.4) is 0 Å². The van der Waals surface area contributed by atoms with E-state index in [1.165, 1.54) is 5.56 Å². The number of nitrogens with one attached hydrogen (secondary N) is 2. The van der Waals surface area contributed by atoms with Gasteiger partial charge in [-0.15, -0.1) is 35.3 Å². The number of aryl methyl sites for hydroxylation is 2. The van der Waals surface area contributed by atoms with Crippen LogP contribution in [0.4, 0.5) is 0 Å². The van der Waals surface area contributed by atoms with Crippen LogP contribution in [0, 0.1) is 13.8 Å². The van der Waals surface area contributed by atoms with E-state index in [9.17, 15) is 0 Å². The molecular formula is C18H27IN4OS. The van der Waals surface area contributed by atoms with E-state index in [0.29, 0.717) is 13.2 Å². The largest absolute Gasteiger partial charge is 0.494 e. The van der Waals surface area contributed by atoms with E-state index in [4.69, 9.17) is 4.74 Å². The molecule has 0 bridgehead atoms. The maximum Gasteiger partial charge on any atom is 0.191 e. The second-order valence-corrected chi connectivity index (χ2v) is 6.57. The van der Waals surface area contributed by atoms with Gasteiger partial charge in [0, 0.05) is 37.5 Å².